The van der Waals surface area contributed by atoms with Crippen LogP contribution in [0.1, 0.15) is 53.5 Å². The second-order valence-corrected chi connectivity index (χ2v) is 7.91. The summed E-state index contributed by atoms with van der Waals surface area (Å²) in [6, 6.07) is 15.2. The zero-order valence-electron chi connectivity index (χ0n) is 16.3. The fourth-order valence-corrected chi connectivity index (χ4v) is 4.17. The van der Waals surface area contributed by atoms with Gasteiger partial charge in [0.25, 0.3) is 5.91 Å². The third kappa shape index (κ3) is 3.39. The molecule has 1 aliphatic heterocycles. The minimum Gasteiger partial charge on any atom is -0.350 e. The molecule has 1 unspecified atom stereocenters. The van der Waals surface area contributed by atoms with Crippen molar-refractivity contribution in [2.24, 2.45) is 0 Å². The van der Waals surface area contributed by atoms with Gasteiger partial charge in [-0.05, 0) is 43.4 Å². The van der Waals surface area contributed by atoms with Gasteiger partial charge in [-0.2, -0.15) is 0 Å². The SMILES string of the molecule is O=C(NCc1ccccc1)C1CCCN1C(=O)c1nc(C2CC2)n2ccccc12. The van der Waals surface area contributed by atoms with E-state index in [0.717, 1.165) is 36.2 Å². The number of carbonyl (C=O) groups is 2. The normalized spacial score (nSPS) is 18.9. The Morgan fingerprint density at radius 1 is 1.03 bits per heavy atom. The number of aromatic nitrogens is 2. The molecule has 1 saturated carbocycles. The highest BCUT2D eigenvalue weighted by atomic mass is 16.2. The van der Waals surface area contributed by atoms with Gasteiger partial charge >= 0.3 is 0 Å². The summed E-state index contributed by atoms with van der Waals surface area (Å²) in [6.45, 7) is 1.06. The number of nitrogens with zero attached hydrogens (tertiary/aromatic N) is 3. The van der Waals surface area contributed by atoms with Gasteiger partial charge in [-0.25, -0.2) is 4.98 Å². The topological polar surface area (TPSA) is 66.7 Å². The Morgan fingerprint density at radius 2 is 1.83 bits per heavy atom. The molecule has 0 bridgehead atoms. The maximum Gasteiger partial charge on any atom is 0.275 e. The summed E-state index contributed by atoms with van der Waals surface area (Å²) in [5.74, 6) is 1.17. The lowest BCUT2D eigenvalue weighted by atomic mass is 10.1. The molecule has 1 N–H and O–H groups in total. The van der Waals surface area contributed by atoms with E-state index >= 15 is 0 Å². The van der Waals surface area contributed by atoms with Crippen molar-refractivity contribution in [3.8, 4) is 0 Å². The summed E-state index contributed by atoms with van der Waals surface area (Å²) in [4.78, 5) is 32.6. The maximum absolute atomic E-state index is 13.4. The smallest absolute Gasteiger partial charge is 0.275 e. The van der Waals surface area contributed by atoms with Crippen molar-refractivity contribution in [2.75, 3.05) is 6.54 Å². The first-order valence-electron chi connectivity index (χ1n) is 10.3. The minimum atomic E-state index is -0.434. The highest BCUT2D eigenvalue weighted by Gasteiger charge is 2.37. The van der Waals surface area contributed by atoms with E-state index in [9.17, 15) is 9.59 Å². The van der Waals surface area contributed by atoms with E-state index in [1.54, 1.807) is 4.90 Å². The first-order valence-corrected chi connectivity index (χ1v) is 10.3. The molecule has 2 aromatic heterocycles. The molecule has 3 aromatic rings. The number of fused-ring (bicyclic) bond motifs is 1. The standard InChI is InChI=1S/C23H24N4O2/c28-22(24-15-16-7-2-1-3-8-16)19-10-6-14-27(19)23(29)20-18-9-4-5-13-26(18)21(25-20)17-11-12-17/h1-5,7-9,13,17,19H,6,10-12,14-15H2,(H,24,28). The van der Waals surface area contributed by atoms with Gasteiger partial charge in [0, 0.05) is 25.2 Å². The summed E-state index contributed by atoms with van der Waals surface area (Å²) in [5.41, 5.74) is 2.34. The second kappa shape index (κ2) is 7.35. The molecule has 6 heteroatoms. The van der Waals surface area contributed by atoms with Crippen LogP contribution in [0.15, 0.2) is 54.7 Å². The molecule has 29 heavy (non-hydrogen) atoms. The Morgan fingerprint density at radius 3 is 2.62 bits per heavy atom. The summed E-state index contributed by atoms with van der Waals surface area (Å²) >= 11 is 0. The fraction of sp³-hybridized carbons (Fsp3) is 0.348. The van der Waals surface area contributed by atoms with Gasteiger partial charge in [-0.1, -0.05) is 36.4 Å². The fourth-order valence-electron chi connectivity index (χ4n) is 4.17. The first-order chi connectivity index (χ1) is 14.2. The highest BCUT2D eigenvalue weighted by molar-refractivity contribution is 6.01. The monoisotopic (exact) mass is 388 g/mol. The number of nitrogens with one attached hydrogen (secondary N) is 1. The Labute approximate surface area is 169 Å². The van der Waals surface area contributed by atoms with Crippen molar-refractivity contribution in [2.45, 2.75) is 44.2 Å². The lowest BCUT2D eigenvalue weighted by Gasteiger charge is -2.23. The molecule has 1 aliphatic carbocycles. The van der Waals surface area contributed by atoms with Gasteiger partial charge in [0.2, 0.25) is 5.91 Å². The lowest BCUT2D eigenvalue weighted by molar-refractivity contribution is -0.125. The molecule has 6 nitrogen and oxygen atoms in total. The molecule has 2 amide bonds. The van der Waals surface area contributed by atoms with Crippen LogP contribution in [0, 0.1) is 0 Å². The molecular weight excluding hydrogens is 364 g/mol. The van der Waals surface area contributed by atoms with Crippen LogP contribution in [0.4, 0.5) is 0 Å². The van der Waals surface area contributed by atoms with Crippen LogP contribution < -0.4 is 5.32 Å². The van der Waals surface area contributed by atoms with Crippen molar-refractivity contribution in [1.29, 1.82) is 0 Å². The third-order valence-electron chi connectivity index (χ3n) is 5.85. The minimum absolute atomic E-state index is 0.0920. The van der Waals surface area contributed by atoms with Crippen LogP contribution in [-0.4, -0.2) is 38.7 Å². The van der Waals surface area contributed by atoms with Crippen LogP contribution >= 0.6 is 0 Å². The van der Waals surface area contributed by atoms with E-state index in [2.05, 4.69) is 5.32 Å². The average Bonchev–Trinajstić information content (AvgIpc) is 3.35. The summed E-state index contributed by atoms with van der Waals surface area (Å²) in [5, 5.41) is 2.99. The van der Waals surface area contributed by atoms with Gasteiger partial charge in [0.1, 0.15) is 11.9 Å². The Kier molecular flexibility index (Phi) is 4.54. The lowest BCUT2D eigenvalue weighted by Crippen LogP contribution is -2.45. The second-order valence-electron chi connectivity index (χ2n) is 7.91. The molecule has 2 fully saturated rings. The van der Waals surface area contributed by atoms with Gasteiger partial charge in [0.05, 0.1) is 5.52 Å². The zero-order chi connectivity index (χ0) is 19.8. The highest BCUT2D eigenvalue weighted by Crippen LogP contribution is 2.40. The summed E-state index contributed by atoms with van der Waals surface area (Å²) in [7, 11) is 0. The molecule has 0 radical (unpaired) electrons. The van der Waals surface area contributed by atoms with Crippen molar-refractivity contribution in [3.05, 3.63) is 71.8 Å². The maximum atomic E-state index is 13.4. The molecule has 1 saturated heterocycles. The molecule has 0 spiro atoms. The van der Waals surface area contributed by atoms with E-state index in [1.807, 2.05) is 59.1 Å². The number of benzene rings is 1. The molecule has 148 valence electrons. The molecule has 1 aromatic carbocycles. The van der Waals surface area contributed by atoms with E-state index in [-0.39, 0.29) is 11.8 Å². The van der Waals surface area contributed by atoms with Gasteiger partial charge in [-0.3, -0.25) is 9.59 Å². The number of pyridine rings is 1. The van der Waals surface area contributed by atoms with Crippen LogP contribution in [0.25, 0.3) is 5.52 Å². The molecular formula is C23H24N4O2. The van der Waals surface area contributed by atoms with Crippen molar-refractivity contribution >= 4 is 17.3 Å². The zero-order valence-corrected chi connectivity index (χ0v) is 16.3. The van der Waals surface area contributed by atoms with Crippen LogP contribution in [0.3, 0.4) is 0 Å². The number of amides is 2. The number of rotatable bonds is 5. The number of likely N-dealkylation sites (tertiary alicyclic amines) is 1. The Balaban J connectivity index is 1.36. The average molecular weight is 388 g/mol. The molecule has 2 aliphatic rings. The van der Waals surface area contributed by atoms with E-state index in [0.29, 0.717) is 31.1 Å². The predicted octanol–water partition coefficient (Wildman–Crippen LogP) is 3.13. The van der Waals surface area contributed by atoms with Crippen LogP contribution in [0.5, 0.6) is 0 Å². The molecule has 5 rings (SSSR count). The predicted molar refractivity (Wildman–Crippen MR) is 110 cm³/mol. The van der Waals surface area contributed by atoms with Gasteiger partial charge in [0.15, 0.2) is 5.69 Å². The first kappa shape index (κ1) is 17.9. The van der Waals surface area contributed by atoms with Gasteiger partial charge in [-0.15, -0.1) is 0 Å². The summed E-state index contributed by atoms with van der Waals surface area (Å²) in [6.07, 6.45) is 5.73. The van der Waals surface area contributed by atoms with E-state index in [4.69, 9.17) is 4.98 Å². The largest absolute Gasteiger partial charge is 0.350 e. The molecule has 3 heterocycles. The van der Waals surface area contributed by atoms with Crippen molar-refractivity contribution in [3.63, 3.8) is 0 Å². The van der Waals surface area contributed by atoms with Crippen molar-refractivity contribution < 1.29 is 9.59 Å². The Hall–Kier alpha value is -3.15. The number of hydrogen-bond acceptors (Lipinski definition) is 3. The van der Waals surface area contributed by atoms with Crippen molar-refractivity contribution in [1.82, 2.24) is 19.6 Å². The van der Waals surface area contributed by atoms with Gasteiger partial charge < -0.3 is 14.6 Å². The molecule has 1 atom stereocenters. The summed E-state index contributed by atoms with van der Waals surface area (Å²) < 4.78 is 2.03. The van der Waals surface area contributed by atoms with Crippen LogP contribution in [-0.2, 0) is 11.3 Å². The number of imidazole rings is 1. The van der Waals surface area contributed by atoms with Crippen LogP contribution in [0.2, 0.25) is 0 Å². The Bertz CT molecular complexity index is 1060. The third-order valence-corrected chi connectivity index (χ3v) is 5.85. The quantitative estimate of drug-likeness (QED) is 0.730. The van der Waals surface area contributed by atoms with E-state index < -0.39 is 6.04 Å². The number of hydrogen-bond donors (Lipinski definition) is 1. The van der Waals surface area contributed by atoms with E-state index in [1.165, 1.54) is 0 Å². The number of carbonyl (C=O) groups excluding carboxylic acids is 2.